The first-order valence-corrected chi connectivity index (χ1v) is 6.32. The number of hydrogen-bond acceptors (Lipinski definition) is 3. The van der Waals surface area contributed by atoms with Gasteiger partial charge >= 0.3 is 5.97 Å². The maximum atomic E-state index is 10.9. The smallest absolute Gasteiger partial charge is 0.337 e. The summed E-state index contributed by atoms with van der Waals surface area (Å²) in [6, 6.07) is 11.7. The molecule has 3 aromatic rings. The zero-order chi connectivity index (χ0) is 13.9. The summed E-state index contributed by atoms with van der Waals surface area (Å²) >= 11 is 0. The van der Waals surface area contributed by atoms with Gasteiger partial charge in [0.15, 0.2) is 5.65 Å². The van der Waals surface area contributed by atoms with Gasteiger partial charge in [0.25, 0.3) is 0 Å². The third-order valence-corrected chi connectivity index (χ3v) is 3.19. The second kappa shape index (κ2) is 5.13. The molecule has 0 saturated heterocycles. The molecule has 0 aliphatic heterocycles. The van der Waals surface area contributed by atoms with Crippen LogP contribution in [-0.4, -0.2) is 25.6 Å². The van der Waals surface area contributed by atoms with E-state index in [1.807, 2.05) is 22.8 Å². The van der Waals surface area contributed by atoms with Gasteiger partial charge in [-0.3, -0.25) is 0 Å². The van der Waals surface area contributed by atoms with Crippen LogP contribution in [0.25, 0.3) is 11.2 Å². The molecule has 5 heteroatoms. The van der Waals surface area contributed by atoms with Gasteiger partial charge in [0.2, 0.25) is 0 Å². The summed E-state index contributed by atoms with van der Waals surface area (Å²) in [7, 11) is 0. The number of fused-ring (bicyclic) bond motifs is 1. The van der Waals surface area contributed by atoms with Crippen molar-refractivity contribution in [3.8, 4) is 0 Å². The minimum absolute atomic E-state index is 0.158. The van der Waals surface area contributed by atoms with Gasteiger partial charge in [0.1, 0.15) is 5.52 Å². The molecule has 2 heterocycles. The summed E-state index contributed by atoms with van der Waals surface area (Å²) in [4.78, 5) is 19.3. The Morgan fingerprint density at radius 1 is 1.20 bits per heavy atom. The van der Waals surface area contributed by atoms with E-state index in [1.54, 1.807) is 12.4 Å². The van der Waals surface area contributed by atoms with Crippen molar-refractivity contribution in [2.24, 2.45) is 0 Å². The maximum Gasteiger partial charge on any atom is 0.337 e. The number of benzene rings is 1. The van der Waals surface area contributed by atoms with Crippen LogP contribution in [0, 0.1) is 0 Å². The number of aryl methyl sites for hydroxylation is 2. The predicted octanol–water partition coefficient (Wildman–Crippen LogP) is 2.37. The number of carbonyl (C=O) groups is 1. The Morgan fingerprint density at radius 2 is 2.00 bits per heavy atom. The largest absolute Gasteiger partial charge is 0.478 e. The van der Waals surface area contributed by atoms with Gasteiger partial charge in [-0.2, -0.15) is 0 Å². The Balaban J connectivity index is 1.84. The van der Waals surface area contributed by atoms with Crippen molar-refractivity contribution in [3.05, 3.63) is 60.0 Å². The van der Waals surface area contributed by atoms with Crippen molar-refractivity contribution < 1.29 is 9.90 Å². The van der Waals surface area contributed by atoms with Crippen LogP contribution in [0.4, 0.5) is 0 Å². The summed E-state index contributed by atoms with van der Waals surface area (Å²) in [5.41, 5.74) is 2.73. The van der Waals surface area contributed by atoms with Crippen LogP contribution in [0.1, 0.15) is 15.9 Å². The van der Waals surface area contributed by atoms with E-state index in [-0.39, 0.29) is 5.56 Å². The van der Waals surface area contributed by atoms with Crippen molar-refractivity contribution in [1.29, 1.82) is 0 Å². The summed E-state index contributed by atoms with van der Waals surface area (Å²) in [5.74, 6) is -0.988. The summed E-state index contributed by atoms with van der Waals surface area (Å²) in [5, 5.41) is 8.93. The van der Waals surface area contributed by atoms with Crippen LogP contribution in [0.5, 0.6) is 0 Å². The van der Waals surface area contributed by atoms with Crippen LogP contribution in [0.15, 0.2) is 48.9 Å². The standard InChI is InChI=1S/C15H13N3O2/c19-15(20)12-8-13-14(16-9-12)18(10-17-13)7-6-11-4-2-1-3-5-11/h1-5,8-10H,6-7H2,(H,19,20). The fourth-order valence-electron chi connectivity index (χ4n) is 2.12. The van der Waals surface area contributed by atoms with E-state index in [2.05, 4.69) is 22.1 Å². The van der Waals surface area contributed by atoms with Crippen LogP contribution < -0.4 is 0 Å². The number of rotatable bonds is 4. The summed E-state index contributed by atoms with van der Waals surface area (Å²) in [6.07, 6.45) is 3.95. The average molecular weight is 267 g/mol. The Kier molecular flexibility index (Phi) is 3.16. The minimum atomic E-state index is -0.988. The van der Waals surface area contributed by atoms with Gasteiger partial charge in [-0.1, -0.05) is 30.3 Å². The van der Waals surface area contributed by atoms with Gasteiger partial charge in [0.05, 0.1) is 11.9 Å². The highest BCUT2D eigenvalue weighted by Crippen LogP contribution is 2.13. The number of hydrogen-bond donors (Lipinski definition) is 1. The second-order valence-electron chi connectivity index (χ2n) is 4.55. The molecule has 0 saturated carbocycles. The molecule has 1 N–H and O–H groups in total. The molecule has 0 aliphatic rings. The number of nitrogens with zero attached hydrogens (tertiary/aromatic N) is 3. The first kappa shape index (κ1) is 12.3. The molecule has 2 aromatic heterocycles. The van der Waals surface area contributed by atoms with Gasteiger partial charge < -0.3 is 9.67 Å². The number of aromatic carboxylic acids is 1. The van der Waals surface area contributed by atoms with E-state index >= 15 is 0 Å². The number of carboxylic acids is 1. The number of aromatic nitrogens is 3. The van der Waals surface area contributed by atoms with Crippen LogP contribution in [0.2, 0.25) is 0 Å². The van der Waals surface area contributed by atoms with Crippen LogP contribution >= 0.6 is 0 Å². The van der Waals surface area contributed by atoms with Crippen molar-refractivity contribution in [1.82, 2.24) is 14.5 Å². The van der Waals surface area contributed by atoms with Crippen molar-refractivity contribution >= 4 is 17.1 Å². The molecule has 0 fully saturated rings. The third kappa shape index (κ3) is 2.38. The van der Waals surface area contributed by atoms with Crippen molar-refractivity contribution in [2.75, 3.05) is 0 Å². The highest BCUT2D eigenvalue weighted by Gasteiger charge is 2.09. The molecule has 0 radical (unpaired) electrons. The lowest BCUT2D eigenvalue weighted by Gasteiger charge is -2.04. The van der Waals surface area contributed by atoms with E-state index in [0.717, 1.165) is 13.0 Å². The lowest BCUT2D eigenvalue weighted by Crippen LogP contribution is -2.02. The van der Waals surface area contributed by atoms with E-state index in [9.17, 15) is 4.79 Å². The fraction of sp³-hybridized carbons (Fsp3) is 0.133. The highest BCUT2D eigenvalue weighted by molar-refractivity contribution is 5.90. The molecule has 20 heavy (non-hydrogen) atoms. The SMILES string of the molecule is O=C(O)c1cnc2c(c1)ncn2CCc1ccccc1. The first-order valence-electron chi connectivity index (χ1n) is 6.32. The van der Waals surface area contributed by atoms with Crippen molar-refractivity contribution in [3.63, 3.8) is 0 Å². The molecule has 1 aromatic carbocycles. The maximum absolute atomic E-state index is 10.9. The lowest BCUT2D eigenvalue weighted by atomic mass is 10.1. The Morgan fingerprint density at radius 3 is 2.75 bits per heavy atom. The number of carboxylic acid groups (broad SMARTS) is 1. The van der Waals surface area contributed by atoms with Crippen LogP contribution in [0.3, 0.4) is 0 Å². The molecule has 0 bridgehead atoms. The van der Waals surface area contributed by atoms with Gasteiger partial charge in [-0.15, -0.1) is 0 Å². The molecule has 0 spiro atoms. The first-order chi connectivity index (χ1) is 9.74. The predicted molar refractivity (Wildman–Crippen MR) is 74.6 cm³/mol. The molecule has 0 aliphatic carbocycles. The third-order valence-electron chi connectivity index (χ3n) is 3.19. The Labute approximate surface area is 115 Å². The Bertz CT molecular complexity index is 750. The van der Waals surface area contributed by atoms with Crippen LogP contribution in [-0.2, 0) is 13.0 Å². The van der Waals surface area contributed by atoms with Crippen molar-refractivity contribution in [2.45, 2.75) is 13.0 Å². The van der Waals surface area contributed by atoms with Gasteiger partial charge in [-0.25, -0.2) is 14.8 Å². The van der Waals surface area contributed by atoms with E-state index < -0.39 is 5.97 Å². The van der Waals surface area contributed by atoms with E-state index in [0.29, 0.717) is 11.2 Å². The highest BCUT2D eigenvalue weighted by atomic mass is 16.4. The summed E-state index contributed by atoms with van der Waals surface area (Å²) < 4.78 is 1.94. The van der Waals surface area contributed by atoms with Gasteiger partial charge in [0, 0.05) is 12.7 Å². The zero-order valence-electron chi connectivity index (χ0n) is 10.7. The molecule has 5 nitrogen and oxygen atoms in total. The molecule has 3 rings (SSSR count). The lowest BCUT2D eigenvalue weighted by molar-refractivity contribution is 0.0696. The zero-order valence-corrected chi connectivity index (χ0v) is 10.7. The van der Waals surface area contributed by atoms with E-state index in [4.69, 9.17) is 5.11 Å². The number of pyridine rings is 1. The molecule has 0 unspecified atom stereocenters. The van der Waals surface area contributed by atoms with Gasteiger partial charge in [-0.05, 0) is 18.1 Å². The molecule has 0 amide bonds. The monoisotopic (exact) mass is 267 g/mol. The quantitative estimate of drug-likeness (QED) is 0.788. The van der Waals surface area contributed by atoms with E-state index in [1.165, 1.54) is 11.8 Å². The molecular formula is C15H13N3O2. The average Bonchev–Trinajstić information content (AvgIpc) is 2.88. The fourth-order valence-corrected chi connectivity index (χ4v) is 2.12. The molecule has 100 valence electrons. The Hall–Kier alpha value is -2.69. The second-order valence-corrected chi connectivity index (χ2v) is 4.55. The normalized spacial score (nSPS) is 10.8. The summed E-state index contributed by atoms with van der Waals surface area (Å²) in [6.45, 7) is 0.764. The minimum Gasteiger partial charge on any atom is -0.478 e. The number of imidazole rings is 1. The molecular weight excluding hydrogens is 254 g/mol. The molecule has 0 atom stereocenters. The topological polar surface area (TPSA) is 68.0 Å².